The van der Waals surface area contributed by atoms with E-state index in [-0.39, 0.29) is 42.4 Å². The lowest BCUT2D eigenvalue weighted by atomic mass is 9.88. The lowest BCUT2D eigenvalue weighted by molar-refractivity contribution is -0.122. The smallest absolute Gasteiger partial charge is 0.338 e. The first-order chi connectivity index (χ1) is 14.3. The van der Waals surface area contributed by atoms with Crippen LogP contribution in [0.15, 0.2) is 18.2 Å². The summed E-state index contributed by atoms with van der Waals surface area (Å²) in [6.07, 6.45) is 1.91. The fraction of sp³-hybridized carbons (Fsp3) is 0.625. The number of anilines is 2. The van der Waals surface area contributed by atoms with E-state index < -0.39 is 11.6 Å². The lowest BCUT2D eigenvalue weighted by Crippen LogP contribution is -2.52. The number of hydrogen-bond acceptors (Lipinski definition) is 5. The zero-order valence-corrected chi connectivity index (χ0v) is 19.7. The lowest BCUT2D eigenvalue weighted by Gasteiger charge is -2.37. The number of carbonyl (C=O) groups excluding carboxylic acids is 3. The van der Waals surface area contributed by atoms with Gasteiger partial charge in [-0.15, -0.1) is 0 Å². The third-order valence-electron chi connectivity index (χ3n) is 5.79. The van der Waals surface area contributed by atoms with Gasteiger partial charge in [-0.25, -0.2) is 4.79 Å². The molecule has 1 aromatic rings. The van der Waals surface area contributed by atoms with Gasteiger partial charge in [0, 0.05) is 12.1 Å². The molecule has 0 saturated heterocycles. The molecule has 3 rings (SSSR count). The predicted molar refractivity (Wildman–Crippen MR) is 121 cm³/mol. The van der Waals surface area contributed by atoms with E-state index in [0.29, 0.717) is 16.9 Å². The van der Waals surface area contributed by atoms with Crippen LogP contribution in [0.4, 0.5) is 11.4 Å². The first kappa shape index (κ1) is 23.3. The van der Waals surface area contributed by atoms with Crippen LogP contribution in [0.1, 0.15) is 71.7 Å². The van der Waals surface area contributed by atoms with Gasteiger partial charge in [0.05, 0.1) is 23.5 Å². The Balaban J connectivity index is 1.90. The van der Waals surface area contributed by atoms with Crippen LogP contribution in [0, 0.1) is 5.41 Å². The quantitative estimate of drug-likeness (QED) is 0.725. The number of rotatable bonds is 5. The van der Waals surface area contributed by atoms with Gasteiger partial charge >= 0.3 is 5.97 Å². The number of fused-ring (bicyclic) bond motifs is 1. The summed E-state index contributed by atoms with van der Waals surface area (Å²) in [5.74, 6) is -0.725. The van der Waals surface area contributed by atoms with Crippen molar-refractivity contribution in [2.24, 2.45) is 5.41 Å². The zero-order chi connectivity index (χ0) is 23.1. The highest BCUT2D eigenvalue weighted by Crippen LogP contribution is 2.41. The summed E-state index contributed by atoms with van der Waals surface area (Å²) in [6.45, 7) is 13.9. The van der Waals surface area contributed by atoms with Crippen LogP contribution in [0.2, 0.25) is 0 Å². The maximum atomic E-state index is 13.1. The standard InChI is InChI=1S/C24H35N3O4/c1-15(23(2,3)4)25-13-20(28)26-14-21(29)27(17-9-10-17)18-11-8-16(12-19(18)26)22(30)31-24(5,6)7/h8,11-12,15,17,25H,9-10,13-14H2,1-7H3/t15-/m0/s1. The second-order valence-electron chi connectivity index (χ2n) is 10.6. The van der Waals surface area contributed by atoms with Crippen molar-refractivity contribution in [3.05, 3.63) is 23.8 Å². The van der Waals surface area contributed by atoms with Crippen molar-refractivity contribution >= 4 is 29.2 Å². The van der Waals surface area contributed by atoms with Crippen LogP contribution in [0.5, 0.6) is 0 Å². The van der Waals surface area contributed by atoms with Crippen molar-refractivity contribution in [2.45, 2.75) is 79.0 Å². The van der Waals surface area contributed by atoms with Crippen LogP contribution in [-0.2, 0) is 14.3 Å². The molecule has 0 unspecified atom stereocenters. The van der Waals surface area contributed by atoms with Crippen molar-refractivity contribution in [3.8, 4) is 0 Å². The normalized spacial score (nSPS) is 18.0. The van der Waals surface area contributed by atoms with Gasteiger partial charge in [0.2, 0.25) is 11.8 Å². The van der Waals surface area contributed by atoms with Crippen molar-refractivity contribution in [1.29, 1.82) is 0 Å². The van der Waals surface area contributed by atoms with Crippen LogP contribution in [-0.4, -0.2) is 48.6 Å². The second-order valence-corrected chi connectivity index (χ2v) is 10.6. The number of esters is 1. The van der Waals surface area contributed by atoms with Crippen LogP contribution < -0.4 is 15.1 Å². The van der Waals surface area contributed by atoms with Gasteiger partial charge in [0.1, 0.15) is 12.1 Å². The Morgan fingerprint density at radius 2 is 1.77 bits per heavy atom. The van der Waals surface area contributed by atoms with E-state index in [2.05, 4.69) is 26.1 Å². The molecule has 7 nitrogen and oxygen atoms in total. The molecule has 1 N–H and O–H groups in total. The van der Waals surface area contributed by atoms with Crippen molar-refractivity contribution in [2.75, 3.05) is 22.9 Å². The molecule has 1 saturated carbocycles. The molecule has 1 fully saturated rings. The maximum absolute atomic E-state index is 13.1. The summed E-state index contributed by atoms with van der Waals surface area (Å²) in [7, 11) is 0. The van der Waals surface area contributed by atoms with E-state index in [1.54, 1.807) is 23.1 Å². The molecule has 1 aliphatic carbocycles. The number of amides is 2. The fourth-order valence-corrected chi connectivity index (χ4v) is 3.44. The van der Waals surface area contributed by atoms with Gasteiger partial charge in [-0.2, -0.15) is 0 Å². The summed E-state index contributed by atoms with van der Waals surface area (Å²) in [5.41, 5.74) is 1.02. The largest absolute Gasteiger partial charge is 0.456 e. The molecule has 0 aromatic heterocycles. The molecule has 1 aliphatic heterocycles. The van der Waals surface area contributed by atoms with Crippen molar-refractivity contribution < 1.29 is 19.1 Å². The summed E-state index contributed by atoms with van der Waals surface area (Å²) >= 11 is 0. The number of benzene rings is 1. The van der Waals surface area contributed by atoms with Gasteiger partial charge in [-0.05, 0) is 64.2 Å². The summed E-state index contributed by atoms with van der Waals surface area (Å²) in [4.78, 5) is 41.9. The fourth-order valence-electron chi connectivity index (χ4n) is 3.44. The molecule has 0 bridgehead atoms. The molecule has 1 atom stereocenters. The summed E-state index contributed by atoms with van der Waals surface area (Å²) in [5, 5.41) is 3.27. The van der Waals surface area contributed by atoms with Crippen molar-refractivity contribution in [1.82, 2.24) is 5.32 Å². The molecular weight excluding hydrogens is 394 g/mol. The third-order valence-corrected chi connectivity index (χ3v) is 5.79. The molecule has 31 heavy (non-hydrogen) atoms. The highest BCUT2D eigenvalue weighted by atomic mass is 16.6. The maximum Gasteiger partial charge on any atom is 0.338 e. The molecule has 2 amide bonds. The SMILES string of the molecule is C[C@H](NCC(=O)N1CC(=O)N(C2CC2)c2ccc(C(=O)OC(C)(C)C)cc21)C(C)(C)C. The topological polar surface area (TPSA) is 79.0 Å². The van der Waals surface area contributed by atoms with E-state index >= 15 is 0 Å². The molecule has 7 heteroatoms. The van der Waals surface area contributed by atoms with Gasteiger partial charge in [0.15, 0.2) is 0 Å². The monoisotopic (exact) mass is 429 g/mol. The molecule has 1 aromatic carbocycles. The zero-order valence-electron chi connectivity index (χ0n) is 19.7. The number of carbonyl (C=O) groups is 3. The van der Waals surface area contributed by atoms with Crippen LogP contribution >= 0.6 is 0 Å². The minimum Gasteiger partial charge on any atom is -0.456 e. The average Bonchev–Trinajstić information content (AvgIpc) is 3.47. The van der Waals surface area contributed by atoms with E-state index in [1.165, 1.54) is 4.90 Å². The van der Waals surface area contributed by atoms with E-state index in [9.17, 15) is 14.4 Å². The minimum absolute atomic E-state index is 0.00254. The van der Waals surface area contributed by atoms with Gasteiger partial charge < -0.3 is 15.0 Å². The molecular formula is C24H35N3O4. The van der Waals surface area contributed by atoms with Crippen LogP contribution in [0.25, 0.3) is 0 Å². The highest BCUT2D eigenvalue weighted by Gasteiger charge is 2.41. The Hall–Kier alpha value is -2.41. The highest BCUT2D eigenvalue weighted by molar-refractivity contribution is 6.12. The Kier molecular flexibility index (Phi) is 6.20. The molecule has 170 valence electrons. The Morgan fingerprint density at radius 3 is 2.32 bits per heavy atom. The molecule has 2 aliphatic rings. The number of hydrogen-bond donors (Lipinski definition) is 1. The van der Waals surface area contributed by atoms with Gasteiger partial charge in [-0.3, -0.25) is 14.5 Å². The first-order valence-electron chi connectivity index (χ1n) is 11.0. The van der Waals surface area contributed by atoms with Crippen molar-refractivity contribution in [3.63, 3.8) is 0 Å². The Labute approximate surface area is 185 Å². The van der Waals surface area contributed by atoms with E-state index in [4.69, 9.17) is 4.74 Å². The Bertz CT molecular complexity index is 878. The Morgan fingerprint density at radius 1 is 1.13 bits per heavy atom. The molecule has 0 radical (unpaired) electrons. The number of nitrogens with one attached hydrogen (secondary N) is 1. The molecule has 1 heterocycles. The number of ether oxygens (including phenoxy) is 1. The van der Waals surface area contributed by atoms with Gasteiger partial charge in [-0.1, -0.05) is 20.8 Å². The second kappa shape index (κ2) is 8.26. The summed E-state index contributed by atoms with van der Waals surface area (Å²) < 4.78 is 5.50. The van der Waals surface area contributed by atoms with E-state index in [1.807, 2.05) is 27.7 Å². The predicted octanol–water partition coefficient (Wildman–Crippen LogP) is 3.51. The summed E-state index contributed by atoms with van der Waals surface area (Å²) in [6, 6.07) is 5.40. The average molecular weight is 430 g/mol. The first-order valence-corrected chi connectivity index (χ1v) is 11.0. The molecule has 0 spiro atoms. The number of nitrogens with zero attached hydrogens (tertiary/aromatic N) is 2. The van der Waals surface area contributed by atoms with Gasteiger partial charge in [0.25, 0.3) is 0 Å². The van der Waals surface area contributed by atoms with Crippen LogP contribution in [0.3, 0.4) is 0 Å². The van der Waals surface area contributed by atoms with E-state index in [0.717, 1.165) is 12.8 Å². The minimum atomic E-state index is -0.620. The third kappa shape index (κ3) is 5.45.